The molecule has 0 radical (unpaired) electrons. The largest absolute Gasteiger partial charge is 0.452 e. The van der Waals surface area contributed by atoms with Crippen LogP contribution in [0.4, 0.5) is 0 Å². The van der Waals surface area contributed by atoms with E-state index in [0.717, 1.165) is 30.5 Å². The lowest BCUT2D eigenvalue weighted by Crippen LogP contribution is -2.34. The molecule has 1 fully saturated rings. The molecular formula is C20H20N4O4. The average molecular weight is 380 g/mol. The molecule has 8 nitrogen and oxygen atoms in total. The molecule has 8 heteroatoms. The fraction of sp³-hybridized carbons (Fsp3) is 0.300. The molecule has 1 saturated heterocycles. The summed E-state index contributed by atoms with van der Waals surface area (Å²) >= 11 is 0. The van der Waals surface area contributed by atoms with E-state index in [-0.39, 0.29) is 18.6 Å². The molecule has 28 heavy (non-hydrogen) atoms. The van der Waals surface area contributed by atoms with Gasteiger partial charge in [0.2, 0.25) is 0 Å². The molecule has 4 rings (SSSR count). The number of imidazole rings is 1. The molecule has 2 N–H and O–H groups in total. The van der Waals surface area contributed by atoms with Crippen molar-refractivity contribution in [3.63, 3.8) is 0 Å². The molecule has 0 bridgehead atoms. The number of H-pyrrole nitrogens is 1. The number of pyridine rings is 1. The molecule has 1 amide bonds. The molecule has 0 aliphatic carbocycles. The maximum Gasteiger partial charge on any atom is 0.338 e. The average Bonchev–Trinajstić information content (AvgIpc) is 3.40. The smallest absolute Gasteiger partial charge is 0.338 e. The lowest BCUT2D eigenvalue weighted by Gasteiger charge is -2.11. The van der Waals surface area contributed by atoms with E-state index in [2.05, 4.69) is 20.3 Å². The normalized spacial score (nSPS) is 16.2. The third-order valence-electron chi connectivity index (χ3n) is 4.54. The number of amides is 1. The molecule has 2 aromatic heterocycles. The number of nitrogens with zero attached hydrogens (tertiary/aromatic N) is 2. The van der Waals surface area contributed by atoms with Gasteiger partial charge in [-0.05, 0) is 43.2 Å². The van der Waals surface area contributed by atoms with Crippen LogP contribution in [0.25, 0.3) is 22.4 Å². The highest BCUT2D eigenvalue weighted by atomic mass is 16.5. The van der Waals surface area contributed by atoms with Crippen molar-refractivity contribution >= 4 is 22.9 Å². The van der Waals surface area contributed by atoms with Crippen LogP contribution in [0.15, 0.2) is 42.7 Å². The summed E-state index contributed by atoms with van der Waals surface area (Å²) < 4.78 is 10.5. The minimum Gasteiger partial charge on any atom is -0.452 e. The summed E-state index contributed by atoms with van der Waals surface area (Å²) in [5.74, 6) is -0.237. The van der Waals surface area contributed by atoms with Crippen molar-refractivity contribution in [2.45, 2.75) is 18.9 Å². The second-order valence-electron chi connectivity index (χ2n) is 6.57. The number of hydrogen-bond acceptors (Lipinski definition) is 6. The van der Waals surface area contributed by atoms with Crippen LogP contribution in [0.1, 0.15) is 23.2 Å². The Morgan fingerprint density at radius 3 is 3.04 bits per heavy atom. The molecule has 1 atom stereocenters. The SMILES string of the molecule is O=C(COC(=O)c1ccc2nc(-c3cccnc3)[nH]c2c1)NCC1CCCO1. The van der Waals surface area contributed by atoms with Gasteiger partial charge >= 0.3 is 5.97 Å². The zero-order valence-electron chi connectivity index (χ0n) is 15.2. The van der Waals surface area contributed by atoms with Gasteiger partial charge in [-0.2, -0.15) is 0 Å². The van der Waals surface area contributed by atoms with Gasteiger partial charge in [0.05, 0.1) is 22.7 Å². The second kappa shape index (κ2) is 8.18. The fourth-order valence-electron chi connectivity index (χ4n) is 3.07. The highest BCUT2D eigenvalue weighted by Crippen LogP contribution is 2.20. The summed E-state index contributed by atoms with van der Waals surface area (Å²) in [6.07, 6.45) is 5.40. The van der Waals surface area contributed by atoms with Gasteiger partial charge in [-0.15, -0.1) is 0 Å². The van der Waals surface area contributed by atoms with E-state index in [1.807, 2.05) is 12.1 Å². The predicted molar refractivity (Wildman–Crippen MR) is 102 cm³/mol. The van der Waals surface area contributed by atoms with E-state index in [0.29, 0.717) is 23.4 Å². The fourth-order valence-corrected chi connectivity index (χ4v) is 3.07. The van der Waals surface area contributed by atoms with E-state index in [1.165, 1.54) is 0 Å². The Hall–Kier alpha value is -3.26. The molecular weight excluding hydrogens is 360 g/mol. The van der Waals surface area contributed by atoms with Crippen LogP contribution in [-0.2, 0) is 14.3 Å². The van der Waals surface area contributed by atoms with Crippen molar-refractivity contribution in [2.75, 3.05) is 19.8 Å². The number of carbonyl (C=O) groups excluding carboxylic acids is 2. The molecule has 1 aliphatic heterocycles. The van der Waals surface area contributed by atoms with Gasteiger partial charge < -0.3 is 19.8 Å². The molecule has 3 aromatic rings. The number of nitrogens with one attached hydrogen (secondary N) is 2. The van der Waals surface area contributed by atoms with Crippen molar-refractivity contribution in [1.29, 1.82) is 0 Å². The van der Waals surface area contributed by atoms with Gasteiger partial charge in [0, 0.05) is 31.1 Å². The summed E-state index contributed by atoms with van der Waals surface area (Å²) in [5.41, 5.74) is 2.63. The first-order valence-electron chi connectivity index (χ1n) is 9.14. The lowest BCUT2D eigenvalue weighted by molar-refractivity contribution is -0.124. The third-order valence-corrected chi connectivity index (χ3v) is 4.54. The first-order valence-corrected chi connectivity index (χ1v) is 9.14. The Morgan fingerprint density at radius 2 is 2.25 bits per heavy atom. The van der Waals surface area contributed by atoms with Crippen LogP contribution in [0.3, 0.4) is 0 Å². The maximum absolute atomic E-state index is 12.3. The van der Waals surface area contributed by atoms with Gasteiger partial charge in [0.1, 0.15) is 5.82 Å². The van der Waals surface area contributed by atoms with Crippen LogP contribution >= 0.6 is 0 Å². The van der Waals surface area contributed by atoms with Gasteiger partial charge in [0.15, 0.2) is 6.61 Å². The maximum atomic E-state index is 12.3. The zero-order valence-corrected chi connectivity index (χ0v) is 15.2. The first-order chi connectivity index (χ1) is 13.7. The second-order valence-corrected chi connectivity index (χ2v) is 6.57. The van der Waals surface area contributed by atoms with E-state index in [1.54, 1.807) is 30.6 Å². The lowest BCUT2D eigenvalue weighted by atomic mass is 10.2. The van der Waals surface area contributed by atoms with Crippen LogP contribution < -0.4 is 5.32 Å². The Labute approximate surface area is 161 Å². The molecule has 144 valence electrons. The van der Waals surface area contributed by atoms with Crippen molar-refractivity contribution in [1.82, 2.24) is 20.3 Å². The van der Waals surface area contributed by atoms with E-state index >= 15 is 0 Å². The van der Waals surface area contributed by atoms with Crippen molar-refractivity contribution in [3.05, 3.63) is 48.3 Å². The van der Waals surface area contributed by atoms with E-state index < -0.39 is 5.97 Å². The number of esters is 1. The van der Waals surface area contributed by atoms with E-state index in [4.69, 9.17) is 9.47 Å². The quantitative estimate of drug-likeness (QED) is 0.634. The van der Waals surface area contributed by atoms with Crippen molar-refractivity contribution < 1.29 is 19.1 Å². The van der Waals surface area contributed by atoms with Crippen LogP contribution in [0.5, 0.6) is 0 Å². The molecule has 1 aromatic carbocycles. The monoisotopic (exact) mass is 380 g/mol. The van der Waals surface area contributed by atoms with E-state index in [9.17, 15) is 9.59 Å². The minimum absolute atomic E-state index is 0.0523. The number of benzene rings is 1. The highest BCUT2D eigenvalue weighted by molar-refractivity contribution is 5.95. The van der Waals surface area contributed by atoms with Crippen LogP contribution in [0.2, 0.25) is 0 Å². The van der Waals surface area contributed by atoms with Crippen LogP contribution in [0, 0.1) is 0 Å². The van der Waals surface area contributed by atoms with Gasteiger partial charge in [-0.25, -0.2) is 9.78 Å². The Kier molecular flexibility index (Phi) is 5.29. The number of carbonyl (C=O) groups is 2. The Bertz CT molecular complexity index is 980. The molecule has 1 unspecified atom stereocenters. The molecule has 0 spiro atoms. The Balaban J connectivity index is 1.36. The molecule has 1 aliphatic rings. The number of fused-ring (bicyclic) bond motifs is 1. The van der Waals surface area contributed by atoms with Crippen molar-refractivity contribution in [2.24, 2.45) is 0 Å². The zero-order chi connectivity index (χ0) is 19.3. The summed E-state index contributed by atoms with van der Waals surface area (Å²) in [4.78, 5) is 35.8. The number of aromatic nitrogens is 3. The number of rotatable bonds is 6. The standard InChI is InChI=1S/C20H20N4O4/c25-18(22-11-15-4-2-8-27-15)12-28-20(26)13-5-6-16-17(9-13)24-19(23-16)14-3-1-7-21-10-14/h1,3,5-7,9-10,15H,2,4,8,11-12H2,(H,22,25)(H,23,24). The molecule has 3 heterocycles. The topological polar surface area (TPSA) is 106 Å². The summed E-state index contributed by atoms with van der Waals surface area (Å²) in [6, 6.07) is 8.75. The number of ether oxygens (including phenoxy) is 2. The minimum atomic E-state index is -0.563. The van der Waals surface area contributed by atoms with Gasteiger partial charge in [-0.1, -0.05) is 0 Å². The van der Waals surface area contributed by atoms with Crippen molar-refractivity contribution in [3.8, 4) is 11.4 Å². The summed E-state index contributed by atoms with van der Waals surface area (Å²) in [6.45, 7) is 0.842. The Morgan fingerprint density at radius 1 is 1.32 bits per heavy atom. The van der Waals surface area contributed by atoms with Gasteiger partial charge in [0.25, 0.3) is 5.91 Å². The van der Waals surface area contributed by atoms with Gasteiger partial charge in [-0.3, -0.25) is 9.78 Å². The first kappa shape index (κ1) is 18.1. The van der Waals surface area contributed by atoms with Crippen LogP contribution in [-0.4, -0.2) is 52.7 Å². The molecule has 0 saturated carbocycles. The number of aromatic amines is 1. The predicted octanol–water partition coefficient (Wildman–Crippen LogP) is 2.08. The summed E-state index contributed by atoms with van der Waals surface area (Å²) in [5, 5.41) is 2.72. The third kappa shape index (κ3) is 4.17. The summed E-state index contributed by atoms with van der Waals surface area (Å²) in [7, 11) is 0. The number of hydrogen-bond donors (Lipinski definition) is 2. The highest BCUT2D eigenvalue weighted by Gasteiger charge is 2.17.